The van der Waals surface area contributed by atoms with Gasteiger partial charge in [-0.15, -0.1) is 0 Å². The molecule has 0 saturated carbocycles. The molecule has 0 saturated heterocycles. The highest BCUT2D eigenvalue weighted by atomic mass is 16.5. The Morgan fingerprint density at radius 1 is 1.32 bits per heavy atom. The van der Waals surface area contributed by atoms with Gasteiger partial charge >= 0.3 is 5.97 Å². The van der Waals surface area contributed by atoms with Crippen LogP contribution in [0.25, 0.3) is 12.2 Å². The topological polar surface area (TPSA) is 62.3 Å². The van der Waals surface area contributed by atoms with E-state index < -0.39 is 5.97 Å². The molecule has 0 aliphatic rings. The minimum absolute atomic E-state index is 0.383. The van der Waals surface area contributed by atoms with Gasteiger partial charge in [-0.2, -0.15) is 0 Å². The molecule has 0 aliphatic carbocycles. The number of H-pyrrole nitrogens is 1. The summed E-state index contributed by atoms with van der Waals surface area (Å²) in [6.07, 6.45) is 6.52. The zero-order chi connectivity index (χ0) is 15.9. The average molecular weight is 299 g/mol. The van der Waals surface area contributed by atoms with Crippen molar-refractivity contribution in [3.05, 3.63) is 53.3 Å². The second-order valence-electron chi connectivity index (χ2n) is 5.41. The van der Waals surface area contributed by atoms with Crippen molar-refractivity contribution in [2.45, 2.75) is 20.3 Å². The van der Waals surface area contributed by atoms with Crippen molar-refractivity contribution in [2.24, 2.45) is 5.92 Å². The van der Waals surface area contributed by atoms with Crippen LogP contribution in [0.4, 0.5) is 0 Å². The minimum Gasteiger partial charge on any atom is -0.494 e. The number of carboxylic acids is 1. The van der Waals surface area contributed by atoms with Crippen molar-refractivity contribution in [2.75, 3.05) is 6.61 Å². The lowest BCUT2D eigenvalue weighted by Crippen LogP contribution is -2.13. The van der Waals surface area contributed by atoms with Gasteiger partial charge < -0.3 is 14.8 Å². The van der Waals surface area contributed by atoms with Crippen LogP contribution in [0.3, 0.4) is 0 Å². The fourth-order valence-corrected chi connectivity index (χ4v) is 1.96. The summed E-state index contributed by atoms with van der Waals surface area (Å²) in [7, 11) is 0. The molecule has 116 valence electrons. The van der Waals surface area contributed by atoms with Crippen molar-refractivity contribution in [3.63, 3.8) is 0 Å². The normalized spacial score (nSPS) is 12.5. The maximum Gasteiger partial charge on any atom is 0.306 e. The van der Waals surface area contributed by atoms with Crippen LogP contribution in [0.15, 0.2) is 36.5 Å². The van der Waals surface area contributed by atoms with Gasteiger partial charge in [-0.25, -0.2) is 0 Å². The first-order valence-electron chi connectivity index (χ1n) is 7.33. The van der Waals surface area contributed by atoms with Crippen molar-refractivity contribution in [3.8, 4) is 5.75 Å². The number of benzene rings is 1. The number of carboxylic acid groups (broad SMARTS) is 1. The fourth-order valence-electron chi connectivity index (χ4n) is 1.96. The SMILES string of the molecule is Cc1c[nH]c(C=Cc2ccc(OCCC(C)C(=O)O)cc2)c1. The summed E-state index contributed by atoms with van der Waals surface area (Å²) in [5, 5.41) is 8.80. The number of ether oxygens (including phenoxy) is 1. The fraction of sp³-hybridized carbons (Fsp3) is 0.278. The maximum absolute atomic E-state index is 10.7. The molecule has 0 fully saturated rings. The average Bonchev–Trinajstić information content (AvgIpc) is 2.92. The molecule has 22 heavy (non-hydrogen) atoms. The first-order chi connectivity index (χ1) is 10.5. The molecule has 0 bridgehead atoms. The summed E-state index contributed by atoms with van der Waals surface area (Å²) in [5.41, 5.74) is 3.36. The number of rotatable bonds is 7. The summed E-state index contributed by atoms with van der Waals surface area (Å²) in [6.45, 7) is 4.14. The molecule has 4 nitrogen and oxygen atoms in total. The quantitative estimate of drug-likeness (QED) is 0.812. The Labute approximate surface area is 130 Å². The third-order valence-corrected chi connectivity index (χ3v) is 3.43. The number of nitrogens with one attached hydrogen (secondary N) is 1. The smallest absolute Gasteiger partial charge is 0.306 e. The Morgan fingerprint density at radius 3 is 2.64 bits per heavy atom. The highest BCUT2D eigenvalue weighted by molar-refractivity contribution is 5.69. The zero-order valence-corrected chi connectivity index (χ0v) is 12.9. The van der Waals surface area contributed by atoms with Gasteiger partial charge in [0.15, 0.2) is 0 Å². The Balaban J connectivity index is 1.85. The molecule has 4 heteroatoms. The first-order valence-corrected chi connectivity index (χ1v) is 7.33. The van der Waals surface area contributed by atoms with E-state index in [0.717, 1.165) is 17.0 Å². The Bertz CT molecular complexity index is 641. The van der Waals surface area contributed by atoms with Crippen molar-refractivity contribution < 1.29 is 14.6 Å². The van der Waals surface area contributed by atoms with Gasteiger partial charge in [-0.1, -0.05) is 25.1 Å². The molecule has 1 atom stereocenters. The van der Waals surface area contributed by atoms with Crippen molar-refractivity contribution in [1.82, 2.24) is 4.98 Å². The van der Waals surface area contributed by atoms with Crippen LogP contribution in [0.2, 0.25) is 0 Å². The highest BCUT2D eigenvalue weighted by Crippen LogP contribution is 2.15. The van der Waals surface area contributed by atoms with E-state index in [1.807, 2.05) is 49.5 Å². The second kappa shape index (κ2) is 7.50. The third kappa shape index (κ3) is 4.81. The lowest BCUT2D eigenvalue weighted by atomic mass is 10.1. The largest absolute Gasteiger partial charge is 0.494 e. The van der Waals surface area contributed by atoms with Gasteiger partial charge in [0.1, 0.15) is 5.75 Å². The predicted octanol–water partition coefficient (Wildman–Crippen LogP) is 3.98. The van der Waals surface area contributed by atoms with Crippen LogP contribution < -0.4 is 4.74 Å². The number of hydrogen-bond donors (Lipinski definition) is 2. The van der Waals surface area contributed by atoms with Crippen molar-refractivity contribution in [1.29, 1.82) is 0 Å². The van der Waals surface area contributed by atoms with E-state index in [1.54, 1.807) is 6.92 Å². The zero-order valence-electron chi connectivity index (χ0n) is 12.9. The van der Waals surface area contributed by atoms with E-state index in [0.29, 0.717) is 13.0 Å². The summed E-state index contributed by atoms with van der Waals surface area (Å²) in [4.78, 5) is 13.9. The summed E-state index contributed by atoms with van der Waals surface area (Å²) >= 11 is 0. The van der Waals surface area contributed by atoms with Crippen LogP contribution >= 0.6 is 0 Å². The molecule has 1 aromatic carbocycles. The lowest BCUT2D eigenvalue weighted by Gasteiger charge is -2.08. The number of carbonyl (C=O) groups is 1. The molecule has 0 aliphatic heterocycles. The molecular formula is C18H21NO3. The summed E-state index contributed by atoms with van der Waals surface area (Å²) < 4.78 is 5.55. The van der Waals surface area contributed by atoms with Crippen molar-refractivity contribution >= 4 is 18.1 Å². The van der Waals surface area contributed by atoms with Gasteiger partial charge in [0.25, 0.3) is 0 Å². The van der Waals surface area contributed by atoms with Crippen LogP contribution in [-0.2, 0) is 4.79 Å². The molecule has 0 spiro atoms. The minimum atomic E-state index is -0.788. The van der Waals surface area contributed by atoms with Gasteiger partial charge in [0, 0.05) is 11.9 Å². The summed E-state index contributed by atoms with van der Waals surface area (Å²) in [6, 6.07) is 9.82. The third-order valence-electron chi connectivity index (χ3n) is 3.43. The van der Waals surface area contributed by atoms with E-state index in [9.17, 15) is 4.79 Å². The van der Waals surface area contributed by atoms with Gasteiger partial charge in [0.2, 0.25) is 0 Å². The standard InChI is InChI=1S/C18H21NO3/c1-13-11-16(19-12-13)6-3-15-4-7-17(8-5-15)22-10-9-14(2)18(20)21/h3-8,11-12,14,19H,9-10H2,1-2H3,(H,20,21). The Morgan fingerprint density at radius 2 is 2.05 bits per heavy atom. The van der Waals surface area contributed by atoms with E-state index >= 15 is 0 Å². The van der Waals surface area contributed by atoms with E-state index in [-0.39, 0.29) is 5.92 Å². The van der Waals surface area contributed by atoms with E-state index in [4.69, 9.17) is 9.84 Å². The molecule has 0 amide bonds. The van der Waals surface area contributed by atoms with Gasteiger partial charge in [-0.05, 0) is 48.7 Å². The van der Waals surface area contributed by atoms with Crippen LogP contribution in [0.1, 0.15) is 30.2 Å². The van der Waals surface area contributed by atoms with Crippen LogP contribution in [0, 0.1) is 12.8 Å². The molecule has 2 N–H and O–H groups in total. The molecule has 0 radical (unpaired) electrons. The summed E-state index contributed by atoms with van der Waals surface area (Å²) in [5.74, 6) is -0.416. The lowest BCUT2D eigenvalue weighted by molar-refractivity contribution is -0.141. The first kappa shape index (κ1) is 15.9. The second-order valence-corrected chi connectivity index (χ2v) is 5.41. The number of aryl methyl sites for hydroxylation is 1. The van der Waals surface area contributed by atoms with Gasteiger partial charge in [-0.3, -0.25) is 4.79 Å². The number of hydrogen-bond acceptors (Lipinski definition) is 2. The monoisotopic (exact) mass is 299 g/mol. The molecule has 1 aromatic heterocycles. The highest BCUT2D eigenvalue weighted by Gasteiger charge is 2.10. The molecular weight excluding hydrogens is 278 g/mol. The van der Waals surface area contributed by atoms with Gasteiger partial charge in [0.05, 0.1) is 12.5 Å². The molecule has 1 heterocycles. The number of aromatic nitrogens is 1. The Hall–Kier alpha value is -2.49. The van der Waals surface area contributed by atoms with E-state index in [2.05, 4.69) is 11.1 Å². The van der Waals surface area contributed by atoms with Crippen LogP contribution in [0.5, 0.6) is 5.75 Å². The molecule has 2 rings (SSSR count). The Kier molecular flexibility index (Phi) is 5.42. The molecule has 1 unspecified atom stereocenters. The predicted molar refractivity (Wildman–Crippen MR) is 87.8 cm³/mol. The number of aromatic amines is 1. The van der Waals surface area contributed by atoms with Crippen LogP contribution in [-0.4, -0.2) is 22.7 Å². The molecule has 2 aromatic rings. The van der Waals surface area contributed by atoms with E-state index in [1.165, 1.54) is 5.56 Å². The number of aliphatic carboxylic acids is 1. The maximum atomic E-state index is 10.7.